The van der Waals surface area contributed by atoms with Gasteiger partial charge in [-0.1, -0.05) is 15.1 Å². The van der Waals surface area contributed by atoms with Crippen LogP contribution in [0, 0.1) is 0 Å². The number of nitrogens with zero attached hydrogens (tertiary/aromatic N) is 8. The molecule has 8 aromatic carbocycles. The highest BCUT2D eigenvalue weighted by atomic mass is 32.3. The monoisotopic (exact) mass is 1650 g/mol. The molecular weight excluding hydrogens is 1600 g/mol. The zero-order valence-electron chi connectivity index (χ0n) is 51.5. The number of azo groups is 4. The van der Waals surface area contributed by atoms with Crippen LogP contribution in [0.4, 0.5) is 56.9 Å². The van der Waals surface area contributed by atoms with Crippen molar-refractivity contribution in [3.8, 4) is 11.5 Å². The van der Waals surface area contributed by atoms with Gasteiger partial charge in [0.25, 0.3) is 20.2 Å². The maximum atomic E-state index is 12.5. The molecule has 42 nitrogen and oxygen atoms in total. The number of fused-ring (bicyclic) bond motifs is 2. The molecular formula is C52H50N10O32S10. The molecule has 560 valence electrons. The van der Waals surface area contributed by atoms with E-state index in [0.29, 0.717) is 39.6 Å². The number of nitrogen functional groups attached to an aromatic ring is 2. The molecule has 0 aliphatic heterocycles. The smallest absolute Gasteiger partial charge is 0.397 e. The van der Waals surface area contributed by atoms with Gasteiger partial charge in [0.05, 0.1) is 156 Å². The van der Waals surface area contributed by atoms with E-state index in [1.807, 2.05) is 0 Å². The highest BCUT2D eigenvalue weighted by Gasteiger charge is 2.28. The van der Waals surface area contributed by atoms with Crippen molar-refractivity contribution in [2.45, 2.75) is 39.2 Å². The van der Waals surface area contributed by atoms with Gasteiger partial charge in [-0.2, -0.15) is 54.4 Å². The lowest BCUT2D eigenvalue weighted by atomic mass is 10.1. The quantitative estimate of drug-likeness (QED) is 0.00327. The van der Waals surface area contributed by atoms with E-state index in [1.54, 1.807) is 36.4 Å². The number of hydrogen-bond donors (Lipinski definition) is 12. The summed E-state index contributed by atoms with van der Waals surface area (Å²) < 4.78 is 187. The van der Waals surface area contributed by atoms with Gasteiger partial charge in [-0.25, -0.2) is 50.8 Å². The van der Waals surface area contributed by atoms with Crippen LogP contribution in [0.3, 0.4) is 0 Å². The first-order chi connectivity index (χ1) is 49.3. The lowest BCUT2D eigenvalue weighted by Gasteiger charge is -2.14. The summed E-state index contributed by atoms with van der Waals surface area (Å²) in [4.78, 5) is 8.52. The fourth-order valence-electron chi connectivity index (χ4n) is 8.06. The van der Waals surface area contributed by atoms with Crippen LogP contribution in [0.2, 0.25) is 0 Å². The van der Waals surface area contributed by atoms with Crippen molar-refractivity contribution < 1.29 is 147 Å². The molecule has 0 radical (unpaired) electrons. The molecule has 8 rings (SSSR count). The second-order valence-electron chi connectivity index (χ2n) is 19.2. The standard InChI is InChI=1S/C26H25N5O19S6.C26H25N5O13S4/c27-23-22-15(14-21(55(38,39)40)25(23)31-29-17-3-7-19(8-4-17)54(36,37)12-10-45-56(41,42)43)13-20(52-49-46-33)24(26(22)32)30-28-16-1-5-18(6-2-16)51-48-44-9-11-53(35)50-47-34;27-23-22-15(14-21(48(38,39)40)25(23)31-29-17-3-7-19(8-4-17)47(36,37)12-10-33)13-20(46-44-42-35)24(26(22)34)30-28-16-1-5-18(6-2-16)45-43-41-11-9-32/h1-8,13-14,32-34H,9-12,27H2,(H,38,39,40)(H,41,42,43);1-8,13-14,32-35H,9-12,27H2,(H,38,39,40). The van der Waals surface area contributed by atoms with Crippen LogP contribution < -0.4 is 11.5 Å². The summed E-state index contributed by atoms with van der Waals surface area (Å²) in [6.45, 7) is -1.84. The number of rotatable bonds is 37. The molecule has 0 amide bonds. The minimum Gasteiger partial charge on any atom is -0.505 e. The van der Waals surface area contributed by atoms with Crippen LogP contribution in [0.25, 0.3) is 21.5 Å². The molecule has 0 saturated carbocycles. The van der Waals surface area contributed by atoms with Crippen molar-refractivity contribution in [2.24, 2.45) is 40.9 Å². The van der Waals surface area contributed by atoms with Crippen LogP contribution in [0.15, 0.2) is 201 Å². The van der Waals surface area contributed by atoms with Crippen LogP contribution in [-0.2, 0) is 112 Å². The number of phenols is 2. The maximum Gasteiger partial charge on any atom is 0.397 e. The number of aliphatic hydroxyl groups is 2. The first kappa shape index (κ1) is 83.7. The molecule has 52 heteroatoms. The van der Waals surface area contributed by atoms with Gasteiger partial charge in [-0.3, -0.25) is 13.7 Å². The summed E-state index contributed by atoms with van der Waals surface area (Å²) in [6, 6.07) is 26.1. The highest BCUT2D eigenvalue weighted by Crippen LogP contribution is 2.52. The van der Waals surface area contributed by atoms with Gasteiger partial charge in [0.1, 0.15) is 39.1 Å². The van der Waals surface area contributed by atoms with Crippen molar-refractivity contribution in [3.05, 3.63) is 121 Å². The van der Waals surface area contributed by atoms with E-state index in [9.17, 15) is 65.6 Å². The molecule has 14 N–H and O–H groups in total. The summed E-state index contributed by atoms with van der Waals surface area (Å²) in [5.74, 6) is -2.81. The third-order valence-electron chi connectivity index (χ3n) is 12.5. The van der Waals surface area contributed by atoms with Crippen LogP contribution in [0.1, 0.15) is 0 Å². The maximum absolute atomic E-state index is 12.5. The minimum absolute atomic E-state index is 0.0132. The van der Waals surface area contributed by atoms with Crippen LogP contribution in [0.5, 0.6) is 11.5 Å². The number of aliphatic hydroxyl groups excluding tert-OH is 2. The Hall–Kier alpha value is -7.58. The Morgan fingerprint density at radius 3 is 1.16 bits per heavy atom. The molecule has 0 aliphatic rings. The number of nitrogens with two attached hydrogens (primary N) is 2. The van der Waals surface area contributed by atoms with E-state index in [0.717, 1.165) is 60.5 Å². The van der Waals surface area contributed by atoms with E-state index in [-0.39, 0.29) is 95.1 Å². The van der Waals surface area contributed by atoms with Crippen LogP contribution >= 0.6 is 48.2 Å². The Kier molecular flexibility index (Phi) is 31.1. The number of sulfone groups is 2. The third kappa shape index (κ3) is 24.0. The summed E-state index contributed by atoms with van der Waals surface area (Å²) in [7, 11) is -22.8. The van der Waals surface area contributed by atoms with E-state index in [4.69, 9.17) is 60.4 Å². The van der Waals surface area contributed by atoms with Crippen molar-refractivity contribution in [1.29, 1.82) is 0 Å². The summed E-state index contributed by atoms with van der Waals surface area (Å²) in [6.07, 6.45) is 0. The second kappa shape index (κ2) is 38.6. The largest absolute Gasteiger partial charge is 0.505 e. The Labute approximate surface area is 605 Å². The molecule has 0 bridgehead atoms. The molecule has 0 heterocycles. The van der Waals surface area contributed by atoms with Crippen molar-refractivity contribution in [1.82, 2.24) is 0 Å². The summed E-state index contributed by atoms with van der Waals surface area (Å²) in [5, 5.41) is 108. The van der Waals surface area contributed by atoms with E-state index in [1.165, 1.54) is 48.5 Å². The van der Waals surface area contributed by atoms with Gasteiger partial charge in [-0.15, -0.1) is 33.5 Å². The van der Waals surface area contributed by atoms with Gasteiger partial charge in [0.2, 0.25) is 0 Å². The van der Waals surface area contributed by atoms with Crippen LogP contribution in [-0.4, -0.2) is 146 Å². The Bertz CT molecular complexity index is 5100. The molecule has 8 aromatic rings. The molecule has 0 aromatic heterocycles. The normalized spacial score (nSPS) is 12.9. The van der Waals surface area contributed by atoms with Crippen molar-refractivity contribution in [2.75, 3.05) is 61.8 Å². The lowest BCUT2D eigenvalue weighted by Crippen LogP contribution is -2.15. The Morgan fingerprint density at radius 1 is 0.433 bits per heavy atom. The van der Waals surface area contributed by atoms with Gasteiger partial charge in [-0.05, 0) is 132 Å². The Morgan fingerprint density at radius 2 is 0.808 bits per heavy atom. The topological polar surface area (TPSA) is 643 Å². The van der Waals surface area contributed by atoms with Gasteiger partial charge in [0, 0.05) is 9.79 Å². The molecule has 104 heavy (non-hydrogen) atoms. The Balaban J connectivity index is 0.000000294. The number of benzene rings is 8. The molecule has 0 fully saturated rings. The van der Waals surface area contributed by atoms with Gasteiger partial charge < -0.3 is 31.9 Å². The fraction of sp³-hybridized carbons (Fsp3) is 0.154. The van der Waals surface area contributed by atoms with Gasteiger partial charge >= 0.3 is 10.4 Å². The lowest BCUT2D eigenvalue weighted by molar-refractivity contribution is -0.435. The fourth-order valence-corrected chi connectivity index (χ4v) is 14.1. The average Bonchev–Trinajstić information content (AvgIpc) is 0.753. The number of aromatic hydroxyl groups is 2. The first-order valence-electron chi connectivity index (χ1n) is 27.5. The molecule has 0 saturated heterocycles. The van der Waals surface area contributed by atoms with Crippen molar-refractivity contribution in [3.63, 3.8) is 0 Å². The van der Waals surface area contributed by atoms with E-state index < -0.39 is 130 Å². The summed E-state index contributed by atoms with van der Waals surface area (Å²) >= 11 is 0.396. The number of phenolic OH excluding ortho intramolecular Hbond substituents is 2. The predicted octanol–water partition coefficient (Wildman–Crippen LogP) is 10.6. The molecule has 1 atom stereocenters. The summed E-state index contributed by atoms with van der Waals surface area (Å²) in [5.41, 5.74) is 10.4. The van der Waals surface area contributed by atoms with Crippen molar-refractivity contribution >= 4 is 188 Å². The molecule has 0 spiro atoms. The van der Waals surface area contributed by atoms with Gasteiger partial charge in [0.15, 0.2) is 42.3 Å². The molecule has 1 unspecified atom stereocenters. The SMILES string of the molecule is Nc1c(N=Nc2ccc(S(=O)(=O)CCO)cc2)c(S(=O)(=O)O)cc2cc(SOOO)c(N=Nc3ccc(SOOCCO)cc3)c(O)c12.Nc1c(N=Nc2ccc(S(=O)(=O)CCOS(=O)(=O)O)cc2)c(S(=O)(=O)O)cc2cc(SOOO)c(N=Nc3ccc(SOOCCS(=O)OOO)cc3)c(O)c12. The van der Waals surface area contributed by atoms with E-state index >= 15 is 0 Å². The van der Waals surface area contributed by atoms with E-state index in [2.05, 4.69) is 73.2 Å². The zero-order chi connectivity index (χ0) is 76.0. The number of hydrogen-bond acceptors (Lipinski definition) is 43. The minimum atomic E-state index is -5.08. The highest BCUT2D eigenvalue weighted by molar-refractivity contribution is 7.95. The average molecular weight is 1650 g/mol. The number of anilines is 2. The predicted molar refractivity (Wildman–Crippen MR) is 363 cm³/mol. The first-order valence-corrected chi connectivity index (χ1v) is 39.2. The third-order valence-corrected chi connectivity index (χ3v) is 21.3. The second-order valence-corrected chi connectivity index (χ2v) is 31.5. The molecule has 0 aliphatic carbocycles. The zero-order valence-corrected chi connectivity index (χ0v) is 59.6.